The third-order valence-electron chi connectivity index (χ3n) is 4.75. The fraction of sp³-hybridized carbons (Fsp3) is 0.316. The summed E-state index contributed by atoms with van der Waals surface area (Å²) in [5.74, 6) is -0.225. The molecule has 0 aliphatic heterocycles. The average Bonchev–Trinajstić information content (AvgIpc) is 3.39. The van der Waals surface area contributed by atoms with Gasteiger partial charge in [-0.25, -0.2) is 9.97 Å². The van der Waals surface area contributed by atoms with E-state index >= 15 is 0 Å². The molecular weight excluding hydrogens is 356 g/mol. The second kappa shape index (κ2) is 7.26. The van der Waals surface area contributed by atoms with Crippen LogP contribution in [0.1, 0.15) is 34.2 Å². The van der Waals surface area contributed by atoms with Gasteiger partial charge in [-0.2, -0.15) is 10.2 Å². The van der Waals surface area contributed by atoms with Crippen molar-refractivity contribution >= 4 is 16.9 Å². The summed E-state index contributed by atoms with van der Waals surface area (Å²) in [6.07, 6.45) is 4.90. The number of nitrogens with one attached hydrogen (secondary N) is 2. The molecule has 0 aliphatic rings. The van der Waals surface area contributed by atoms with Crippen LogP contribution in [0.25, 0.3) is 11.0 Å². The van der Waals surface area contributed by atoms with Gasteiger partial charge >= 0.3 is 0 Å². The van der Waals surface area contributed by atoms with E-state index in [0.29, 0.717) is 18.8 Å². The first kappa shape index (κ1) is 17.9. The van der Waals surface area contributed by atoms with Crippen LogP contribution in [0, 0.1) is 13.8 Å². The Balaban J connectivity index is 1.44. The van der Waals surface area contributed by atoms with Crippen LogP contribution in [0.4, 0.5) is 0 Å². The molecule has 0 saturated carbocycles. The molecule has 144 valence electrons. The molecule has 28 heavy (non-hydrogen) atoms. The molecule has 4 aromatic rings. The lowest BCUT2D eigenvalue weighted by Crippen LogP contribution is -2.36. The van der Waals surface area contributed by atoms with E-state index in [1.807, 2.05) is 17.8 Å². The summed E-state index contributed by atoms with van der Waals surface area (Å²) in [6, 6.07) is 5.89. The number of nitrogens with zero attached hydrogens (tertiary/aromatic N) is 6. The lowest BCUT2D eigenvalue weighted by Gasteiger charge is -2.12. The molecule has 1 aromatic carbocycles. The second-order valence-electron chi connectivity index (χ2n) is 7.07. The number of fused-ring (bicyclic) bond motifs is 1. The Morgan fingerprint density at radius 3 is 2.82 bits per heavy atom. The van der Waals surface area contributed by atoms with Crippen LogP contribution in [0.5, 0.6) is 0 Å². The molecule has 0 spiro atoms. The van der Waals surface area contributed by atoms with E-state index < -0.39 is 0 Å². The van der Waals surface area contributed by atoms with Gasteiger partial charge in [0, 0.05) is 6.04 Å². The third-order valence-corrected chi connectivity index (χ3v) is 4.75. The van der Waals surface area contributed by atoms with E-state index in [1.54, 1.807) is 17.1 Å². The number of aromatic nitrogens is 7. The smallest absolute Gasteiger partial charge is 0.272 e. The zero-order valence-electron chi connectivity index (χ0n) is 16.0. The summed E-state index contributed by atoms with van der Waals surface area (Å²) < 4.78 is 3.72. The SMILES string of the molecule is Cc1cc2ncn(Cc3cc(C(=O)N[C@H](C)Cn4cncn4)n[nH]3)c2cc1C. The summed E-state index contributed by atoms with van der Waals surface area (Å²) in [7, 11) is 0. The van der Waals surface area contributed by atoms with Crippen molar-refractivity contribution in [1.82, 2.24) is 39.8 Å². The first-order valence-electron chi connectivity index (χ1n) is 9.09. The highest BCUT2D eigenvalue weighted by atomic mass is 16.2. The molecule has 4 rings (SSSR count). The van der Waals surface area contributed by atoms with Crippen molar-refractivity contribution in [2.75, 3.05) is 0 Å². The van der Waals surface area contributed by atoms with Gasteiger partial charge in [-0.15, -0.1) is 0 Å². The molecule has 0 fully saturated rings. The molecule has 2 N–H and O–H groups in total. The Kier molecular flexibility index (Phi) is 4.64. The molecule has 9 heteroatoms. The number of aryl methyl sites for hydroxylation is 2. The van der Waals surface area contributed by atoms with Gasteiger partial charge in [-0.1, -0.05) is 0 Å². The van der Waals surface area contributed by atoms with Crippen molar-refractivity contribution in [3.05, 3.63) is 59.7 Å². The predicted molar refractivity (Wildman–Crippen MR) is 104 cm³/mol. The Bertz CT molecular complexity index is 1110. The number of rotatable bonds is 6. The Labute approximate surface area is 161 Å². The number of benzene rings is 1. The first-order valence-corrected chi connectivity index (χ1v) is 9.09. The van der Waals surface area contributed by atoms with Gasteiger partial charge < -0.3 is 9.88 Å². The van der Waals surface area contributed by atoms with Crippen molar-refractivity contribution in [1.29, 1.82) is 0 Å². The van der Waals surface area contributed by atoms with Gasteiger partial charge in [0.25, 0.3) is 5.91 Å². The van der Waals surface area contributed by atoms with Crippen LogP contribution < -0.4 is 5.32 Å². The van der Waals surface area contributed by atoms with Gasteiger partial charge in [0.05, 0.1) is 36.1 Å². The number of hydrogen-bond donors (Lipinski definition) is 2. The van der Waals surface area contributed by atoms with E-state index in [4.69, 9.17) is 0 Å². The van der Waals surface area contributed by atoms with Gasteiger partial charge in [0.2, 0.25) is 0 Å². The highest BCUT2D eigenvalue weighted by Gasteiger charge is 2.15. The highest BCUT2D eigenvalue weighted by Crippen LogP contribution is 2.19. The van der Waals surface area contributed by atoms with Crippen molar-refractivity contribution < 1.29 is 4.79 Å². The fourth-order valence-corrected chi connectivity index (χ4v) is 3.13. The van der Waals surface area contributed by atoms with Crippen LogP contribution in [0.2, 0.25) is 0 Å². The minimum atomic E-state index is -0.225. The van der Waals surface area contributed by atoms with Gasteiger partial charge in [0.15, 0.2) is 0 Å². The van der Waals surface area contributed by atoms with E-state index in [0.717, 1.165) is 16.7 Å². The van der Waals surface area contributed by atoms with Gasteiger partial charge in [-0.05, 0) is 50.1 Å². The monoisotopic (exact) mass is 378 g/mol. The standard InChI is InChI=1S/C19H22N8O/c1-12-4-16-18(5-13(12)2)26(11-21-16)8-15-6-17(25-24-15)19(28)23-14(3)7-27-10-20-9-22-27/h4-6,9-11,14H,7-8H2,1-3H3,(H,23,28)(H,24,25)/t14-/m1/s1. The number of carbonyl (C=O) groups excluding carboxylic acids is 1. The molecule has 0 bridgehead atoms. The number of hydrogen-bond acceptors (Lipinski definition) is 5. The summed E-state index contributed by atoms with van der Waals surface area (Å²) in [5.41, 5.74) is 5.66. The van der Waals surface area contributed by atoms with Crippen LogP contribution >= 0.6 is 0 Å². The molecule has 0 radical (unpaired) electrons. The maximum Gasteiger partial charge on any atom is 0.272 e. The van der Waals surface area contributed by atoms with Crippen LogP contribution in [0.15, 0.2) is 37.2 Å². The summed E-state index contributed by atoms with van der Waals surface area (Å²) in [4.78, 5) is 20.8. The number of carbonyl (C=O) groups is 1. The van der Waals surface area contributed by atoms with Crippen LogP contribution in [-0.4, -0.2) is 46.5 Å². The predicted octanol–water partition coefficient (Wildman–Crippen LogP) is 1.83. The lowest BCUT2D eigenvalue weighted by atomic mass is 10.1. The third kappa shape index (κ3) is 3.64. The highest BCUT2D eigenvalue weighted by molar-refractivity contribution is 5.92. The fourth-order valence-electron chi connectivity index (χ4n) is 3.13. The molecule has 3 heterocycles. The zero-order chi connectivity index (χ0) is 19.7. The van der Waals surface area contributed by atoms with Crippen molar-refractivity contribution in [2.45, 2.75) is 39.9 Å². The topological polar surface area (TPSA) is 106 Å². The molecule has 1 atom stereocenters. The molecular formula is C19H22N8O. The molecule has 0 unspecified atom stereocenters. The number of aromatic amines is 1. The average molecular weight is 378 g/mol. The molecule has 9 nitrogen and oxygen atoms in total. The maximum atomic E-state index is 12.4. The van der Waals surface area contributed by atoms with E-state index in [2.05, 4.69) is 56.6 Å². The number of imidazole rings is 1. The van der Waals surface area contributed by atoms with Gasteiger partial charge in [-0.3, -0.25) is 14.6 Å². The molecule has 1 amide bonds. The summed E-state index contributed by atoms with van der Waals surface area (Å²) >= 11 is 0. The minimum absolute atomic E-state index is 0.0989. The van der Waals surface area contributed by atoms with Crippen LogP contribution in [-0.2, 0) is 13.1 Å². The number of H-pyrrole nitrogens is 1. The van der Waals surface area contributed by atoms with Gasteiger partial charge in [0.1, 0.15) is 18.3 Å². The Hall–Kier alpha value is -3.49. The zero-order valence-corrected chi connectivity index (χ0v) is 16.0. The quantitative estimate of drug-likeness (QED) is 0.532. The summed E-state index contributed by atoms with van der Waals surface area (Å²) in [6.45, 7) is 7.19. The van der Waals surface area contributed by atoms with E-state index in [-0.39, 0.29) is 11.9 Å². The maximum absolute atomic E-state index is 12.4. The largest absolute Gasteiger partial charge is 0.346 e. The van der Waals surface area contributed by atoms with E-state index in [9.17, 15) is 4.79 Å². The van der Waals surface area contributed by atoms with E-state index in [1.165, 1.54) is 17.5 Å². The molecule has 0 saturated heterocycles. The van der Waals surface area contributed by atoms with Crippen LogP contribution in [0.3, 0.4) is 0 Å². The molecule has 0 aliphatic carbocycles. The lowest BCUT2D eigenvalue weighted by molar-refractivity contribution is 0.0931. The summed E-state index contributed by atoms with van der Waals surface area (Å²) in [5, 5.41) is 14.1. The second-order valence-corrected chi connectivity index (χ2v) is 7.07. The van der Waals surface area contributed by atoms with Crippen molar-refractivity contribution in [3.8, 4) is 0 Å². The number of amides is 1. The van der Waals surface area contributed by atoms with Crippen molar-refractivity contribution in [2.24, 2.45) is 0 Å². The van der Waals surface area contributed by atoms with Crippen molar-refractivity contribution in [3.63, 3.8) is 0 Å². The normalized spacial score (nSPS) is 12.4. The Morgan fingerprint density at radius 2 is 2.04 bits per heavy atom. The Morgan fingerprint density at radius 1 is 1.21 bits per heavy atom. The minimum Gasteiger partial charge on any atom is -0.346 e. The molecule has 3 aromatic heterocycles. The first-order chi connectivity index (χ1) is 13.5.